The molecular formula is C20H23F2N3O4. The lowest BCUT2D eigenvalue weighted by Gasteiger charge is -2.11. The highest BCUT2D eigenvalue weighted by Crippen LogP contribution is 2.20. The third-order valence-electron chi connectivity index (χ3n) is 3.98. The Balaban J connectivity index is 2.02. The smallest absolute Gasteiger partial charge is 0.272 e. The molecule has 156 valence electrons. The van der Waals surface area contributed by atoms with Crippen molar-refractivity contribution in [3.05, 3.63) is 47.3 Å². The SMILES string of the molecule is COc1nc(OCC(F)F)ccc1CNC(=O)c1ccnc(CC(=O)C(C)C)c1. The number of ether oxygens (including phenoxy) is 2. The fourth-order valence-corrected chi connectivity index (χ4v) is 2.37. The average molecular weight is 407 g/mol. The zero-order chi connectivity index (χ0) is 21.4. The number of hydrogen-bond donors (Lipinski definition) is 1. The summed E-state index contributed by atoms with van der Waals surface area (Å²) in [5.74, 6) is -0.256. The number of methoxy groups -OCH3 is 1. The van der Waals surface area contributed by atoms with E-state index >= 15 is 0 Å². The molecule has 2 aromatic rings. The predicted octanol–water partition coefficient (Wildman–Crippen LogP) is 2.83. The molecular weight excluding hydrogens is 384 g/mol. The van der Waals surface area contributed by atoms with Crippen molar-refractivity contribution in [2.24, 2.45) is 5.92 Å². The summed E-state index contributed by atoms with van der Waals surface area (Å²) >= 11 is 0. The number of Topliss-reactive ketones (excluding diaryl/α,β-unsaturated/α-hetero) is 1. The Kier molecular flexibility index (Phi) is 7.99. The second kappa shape index (κ2) is 10.4. The lowest BCUT2D eigenvalue weighted by molar-refractivity contribution is -0.121. The minimum Gasteiger partial charge on any atom is -0.481 e. The molecule has 9 heteroatoms. The van der Waals surface area contributed by atoms with Crippen LogP contribution in [0.2, 0.25) is 0 Å². The van der Waals surface area contributed by atoms with Gasteiger partial charge < -0.3 is 14.8 Å². The quantitative estimate of drug-likeness (QED) is 0.651. The van der Waals surface area contributed by atoms with Gasteiger partial charge in [0, 0.05) is 48.0 Å². The lowest BCUT2D eigenvalue weighted by Crippen LogP contribution is -2.23. The Morgan fingerprint density at radius 2 is 1.97 bits per heavy atom. The number of pyridine rings is 2. The molecule has 7 nitrogen and oxygen atoms in total. The summed E-state index contributed by atoms with van der Waals surface area (Å²) in [7, 11) is 1.38. The van der Waals surface area contributed by atoms with Crippen LogP contribution in [0, 0.1) is 5.92 Å². The maximum Gasteiger partial charge on any atom is 0.272 e. The number of alkyl halides is 2. The van der Waals surface area contributed by atoms with E-state index in [1.165, 1.54) is 19.4 Å². The number of rotatable bonds is 10. The first kappa shape index (κ1) is 22.2. The Morgan fingerprint density at radius 3 is 2.62 bits per heavy atom. The van der Waals surface area contributed by atoms with Gasteiger partial charge in [0.2, 0.25) is 11.8 Å². The van der Waals surface area contributed by atoms with Crippen LogP contribution in [0.15, 0.2) is 30.5 Å². The third kappa shape index (κ3) is 6.78. The number of carbonyl (C=O) groups excluding carboxylic acids is 2. The van der Waals surface area contributed by atoms with Crippen molar-refractivity contribution in [3.63, 3.8) is 0 Å². The number of halogens is 2. The highest BCUT2D eigenvalue weighted by atomic mass is 19.3. The van der Waals surface area contributed by atoms with Crippen molar-refractivity contribution in [2.75, 3.05) is 13.7 Å². The van der Waals surface area contributed by atoms with Gasteiger partial charge in [0.15, 0.2) is 6.61 Å². The molecule has 29 heavy (non-hydrogen) atoms. The highest BCUT2D eigenvalue weighted by Gasteiger charge is 2.14. The van der Waals surface area contributed by atoms with E-state index in [0.717, 1.165) is 0 Å². The van der Waals surface area contributed by atoms with Crippen LogP contribution in [0.4, 0.5) is 8.78 Å². The third-order valence-corrected chi connectivity index (χ3v) is 3.98. The van der Waals surface area contributed by atoms with Crippen LogP contribution in [-0.4, -0.2) is 41.8 Å². The summed E-state index contributed by atoms with van der Waals surface area (Å²) < 4.78 is 34.5. The number of ketones is 1. The fraction of sp³-hybridized carbons (Fsp3) is 0.400. The zero-order valence-corrected chi connectivity index (χ0v) is 16.4. The molecule has 1 N–H and O–H groups in total. The number of nitrogens with one attached hydrogen (secondary N) is 1. The van der Waals surface area contributed by atoms with Gasteiger partial charge in [-0.25, -0.2) is 8.78 Å². The molecule has 0 aliphatic rings. The molecule has 2 aromatic heterocycles. The van der Waals surface area contributed by atoms with Gasteiger partial charge in [0.1, 0.15) is 5.78 Å². The first-order chi connectivity index (χ1) is 13.8. The maximum absolute atomic E-state index is 12.4. The Bertz CT molecular complexity index is 859. The van der Waals surface area contributed by atoms with Gasteiger partial charge in [0.25, 0.3) is 12.3 Å². The standard InChI is InChI=1S/C20H23F2N3O4/c1-12(2)16(26)9-15-8-13(6-7-23-15)19(27)24-10-14-4-5-18(25-20(14)28-3)29-11-17(21)22/h4-8,12,17H,9-11H2,1-3H3,(H,24,27). The molecule has 0 radical (unpaired) electrons. The zero-order valence-electron chi connectivity index (χ0n) is 16.4. The Morgan fingerprint density at radius 1 is 1.21 bits per heavy atom. The van der Waals surface area contributed by atoms with Crippen molar-refractivity contribution in [3.8, 4) is 11.8 Å². The predicted molar refractivity (Wildman–Crippen MR) is 101 cm³/mol. The van der Waals surface area contributed by atoms with E-state index in [0.29, 0.717) is 16.8 Å². The van der Waals surface area contributed by atoms with Crippen LogP contribution < -0.4 is 14.8 Å². The molecule has 0 spiro atoms. The molecule has 0 fully saturated rings. The first-order valence-electron chi connectivity index (χ1n) is 9.00. The molecule has 2 rings (SSSR count). The van der Waals surface area contributed by atoms with Gasteiger partial charge in [-0.1, -0.05) is 13.8 Å². The van der Waals surface area contributed by atoms with Gasteiger partial charge in [-0.15, -0.1) is 0 Å². The molecule has 0 aliphatic heterocycles. The van der Waals surface area contributed by atoms with E-state index in [1.807, 2.05) is 13.8 Å². The van der Waals surface area contributed by atoms with Crippen molar-refractivity contribution in [1.82, 2.24) is 15.3 Å². The number of carbonyl (C=O) groups is 2. The summed E-state index contributed by atoms with van der Waals surface area (Å²) in [6.45, 7) is 2.96. The Hall–Kier alpha value is -3.10. The summed E-state index contributed by atoms with van der Waals surface area (Å²) in [5, 5.41) is 2.73. The minimum absolute atomic E-state index is 0.00539. The van der Waals surface area contributed by atoms with Crippen molar-refractivity contribution in [2.45, 2.75) is 33.2 Å². The topological polar surface area (TPSA) is 90.4 Å². The van der Waals surface area contributed by atoms with Gasteiger partial charge >= 0.3 is 0 Å². The molecule has 0 saturated carbocycles. The first-order valence-corrected chi connectivity index (χ1v) is 9.00. The molecule has 1 amide bonds. The largest absolute Gasteiger partial charge is 0.481 e. The van der Waals surface area contributed by atoms with E-state index in [9.17, 15) is 18.4 Å². The number of hydrogen-bond acceptors (Lipinski definition) is 6. The molecule has 0 unspecified atom stereocenters. The van der Waals surface area contributed by atoms with E-state index < -0.39 is 13.0 Å². The molecule has 2 heterocycles. The molecule has 0 atom stereocenters. The summed E-state index contributed by atoms with van der Waals surface area (Å²) in [6, 6.07) is 6.13. The van der Waals surface area contributed by atoms with E-state index in [4.69, 9.17) is 9.47 Å². The molecule has 0 bridgehead atoms. The van der Waals surface area contributed by atoms with Crippen LogP contribution >= 0.6 is 0 Å². The summed E-state index contributed by atoms with van der Waals surface area (Å²) in [6.07, 6.45) is -0.964. The van der Waals surface area contributed by atoms with Crippen LogP contribution in [0.25, 0.3) is 0 Å². The highest BCUT2D eigenvalue weighted by molar-refractivity contribution is 5.94. The van der Waals surface area contributed by atoms with Crippen LogP contribution in [-0.2, 0) is 17.8 Å². The van der Waals surface area contributed by atoms with Crippen molar-refractivity contribution < 1.29 is 27.8 Å². The van der Waals surface area contributed by atoms with Crippen molar-refractivity contribution in [1.29, 1.82) is 0 Å². The maximum atomic E-state index is 12.4. The minimum atomic E-state index is -2.61. The van der Waals surface area contributed by atoms with Crippen LogP contribution in [0.1, 0.15) is 35.5 Å². The van der Waals surface area contributed by atoms with Gasteiger partial charge in [0.05, 0.1) is 7.11 Å². The molecule has 0 aliphatic carbocycles. The second-order valence-corrected chi connectivity index (χ2v) is 6.54. The van der Waals surface area contributed by atoms with Gasteiger partial charge in [-0.3, -0.25) is 14.6 Å². The van der Waals surface area contributed by atoms with Crippen molar-refractivity contribution >= 4 is 11.7 Å². The van der Waals surface area contributed by atoms with Gasteiger partial charge in [-0.05, 0) is 18.2 Å². The monoisotopic (exact) mass is 407 g/mol. The lowest BCUT2D eigenvalue weighted by atomic mass is 10.0. The normalized spacial score (nSPS) is 10.9. The molecule has 0 saturated heterocycles. The fourth-order valence-electron chi connectivity index (χ4n) is 2.37. The van der Waals surface area contributed by atoms with Crippen LogP contribution in [0.5, 0.6) is 11.8 Å². The molecule has 0 aromatic carbocycles. The number of nitrogens with zero attached hydrogens (tertiary/aromatic N) is 2. The van der Waals surface area contributed by atoms with E-state index in [2.05, 4.69) is 15.3 Å². The summed E-state index contributed by atoms with van der Waals surface area (Å²) in [5.41, 5.74) is 1.45. The number of aromatic nitrogens is 2. The van der Waals surface area contributed by atoms with Gasteiger partial charge in [-0.2, -0.15) is 4.98 Å². The second-order valence-electron chi connectivity index (χ2n) is 6.54. The Labute approximate surface area is 167 Å². The van der Waals surface area contributed by atoms with E-state index in [-0.39, 0.29) is 42.3 Å². The van der Waals surface area contributed by atoms with Crippen LogP contribution in [0.3, 0.4) is 0 Å². The van der Waals surface area contributed by atoms with E-state index in [1.54, 1.807) is 18.2 Å². The average Bonchev–Trinajstić information content (AvgIpc) is 2.70. The number of amides is 1. The summed E-state index contributed by atoms with van der Waals surface area (Å²) in [4.78, 5) is 32.4.